The Kier molecular flexibility index (Phi) is 5.21. The van der Waals surface area contributed by atoms with E-state index in [9.17, 15) is 27.0 Å². The van der Waals surface area contributed by atoms with Crippen LogP contribution in [0.25, 0.3) is 0 Å². The van der Waals surface area contributed by atoms with Crippen molar-refractivity contribution in [3.63, 3.8) is 0 Å². The summed E-state index contributed by atoms with van der Waals surface area (Å²) in [7, 11) is -1.93. The second-order valence-corrected chi connectivity index (χ2v) is 8.56. The van der Waals surface area contributed by atoms with Crippen LogP contribution in [0.3, 0.4) is 0 Å². The normalized spacial score (nSPS) is 23.9. The van der Waals surface area contributed by atoms with E-state index in [1.54, 1.807) is 12.1 Å². The second kappa shape index (κ2) is 7.61. The zero-order valence-electron chi connectivity index (χ0n) is 15.6. The molecule has 2 heterocycles. The molecule has 0 saturated carbocycles. The van der Waals surface area contributed by atoms with Crippen molar-refractivity contribution in [2.45, 2.75) is 22.8 Å². The van der Waals surface area contributed by atoms with Crippen LogP contribution in [0.5, 0.6) is 5.75 Å². The summed E-state index contributed by atoms with van der Waals surface area (Å²) in [5.74, 6) is -0.580. The molecule has 2 aromatic rings. The van der Waals surface area contributed by atoms with Gasteiger partial charge >= 0.3 is 6.18 Å². The van der Waals surface area contributed by atoms with E-state index >= 15 is 0 Å². The number of halogens is 4. The molecule has 2 aromatic carbocycles. The van der Waals surface area contributed by atoms with Crippen molar-refractivity contribution < 1.29 is 31.2 Å². The van der Waals surface area contributed by atoms with Gasteiger partial charge in [0.1, 0.15) is 46.4 Å². The van der Waals surface area contributed by atoms with E-state index in [1.165, 1.54) is 16.4 Å². The molecular formula is C20H13F4N3O3S. The van der Waals surface area contributed by atoms with Crippen molar-refractivity contribution in [1.82, 2.24) is 4.31 Å². The van der Waals surface area contributed by atoms with Crippen LogP contribution >= 0.6 is 0 Å². The predicted molar refractivity (Wildman–Crippen MR) is 98.4 cm³/mol. The van der Waals surface area contributed by atoms with Crippen LogP contribution in [0.15, 0.2) is 41.3 Å². The first-order chi connectivity index (χ1) is 14.7. The molecule has 0 amide bonds. The van der Waals surface area contributed by atoms with Gasteiger partial charge < -0.3 is 9.47 Å². The molecule has 160 valence electrons. The maximum absolute atomic E-state index is 13.9. The van der Waals surface area contributed by atoms with Gasteiger partial charge in [-0.25, -0.2) is 12.9 Å². The van der Waals surface area contributed by atoms with Gasteiger partial charge in [-0.3, -0.25) is 0 Å². The first-order valence-electron chi connectivity index (χ1n) is 8.95. The SMILES string of the molecule is N#Cc1ccc(O[C@H]2CN(S(=O)c3ccc(C(F)(F)F)cc3C#N)C[C@]23CO3)cc1F. The Hall–Kier alpha value is -2.99. The molecule has 2 saturated heterocycles. The Morgan fingerprint density at radius 3 is 2.45 bits per heavy atom. The zero-order valence-corrected chi connectivity index (χ0v) is 16.5. The summed E-state index contributed by atoms with van der Waals surface area (Å²) in [6, 6.07) is 9.62. The van der Waals surface area contributed by atoms with E-state index in [0.29, 0.717) is 12.7 Å². The molecular weight excluding hydrogens is 438 g/mol. The Balaban J connectivity index is 1.55. The number of rotatable bonds is 4. The quantitative estimate of drug-likeness (QED) is 0.526. The van der Waals surface area contributed by atoms with Crippen LogP contribution in [-0.2, 0) is 21.9 Å². The molecule has 2 fully saturated rings. The van der Waals surface area contributed by atoms with Crippen LogP contribution in [0.4, 0.5) is 17.6 Å². The van der Waals surface area contributed by atoms with E-state index in [0.717, 1.165) is 18.2 Å². The largest absolute Gasteiger partial charge is 0.486 e. The average molecular weight is 451 g/mol. The van der Waals surface area contributed by atoms with Gasteiger partial charge in [-0.05, 0) is 30.3 Å². The lowest BCUT2D eigenvalue weighted by atomic mass is 10.1. The number of hydrogen-bond acceptors (Lipinski definition) is 5. The molecule has 0 N–H and O–H groups in total. The van der Waals surface area contributed by atoms with Gasteiger partial charge in [0, 0.05) is 12.6 Å². The Labute approximate surface area is 176 Å². The van der Waals surface area contributed by atoms with Crippen molar-refractivity contribution >= 4 is 11.0 Å². The molecule has 2 aliphatic rings. The van der Waals surface area contributed by atoms with Crippen LogP contribution in [0.1, 0.15) is 16.7 Å². The summed E-state index contributed by atoms with van der Waals surface area (Å²) in [6.45, 7) is 0.553. The van der Waals surface area contributed by atoms with Gasteiger partial charge in [0.25, 0.3) is 0 Å². The van der Waals surface area contributed by atoms with E-state index in [1.807, 2.05) is 0 Å². The number of nitrogens with zero attached hydrogens (tertiary/aromatic N) is 3. The Bertz CT molecular complexity index is 1150. The number of hydrogen-bond donors (Lipinski definition) is 0. The molecule has 3 atom stereocenters. The molecule has 1 spiro atoms. The fourth-order valence-corrected chi connectivity index (χ4v) is 4.73. The van der Waals surface area contributed by atoms with E-state index in [4.69, 9.17) is 14.7 Å². The number of ether oxygens (including phenoxy) is 2. The van der Waals surface area contributed by atoms with Crippen molar-refractivity contribution in [2.75, 3.05) is 19.7 Å². The minimum atomic E-state index is -4.62. The van der Waals surface area contributed by atoms with Gasteiger partial charge in [0.2, 0.25) is 0 Å². The Morgan fingerprint density at radius 1 is 1.16 bits per heavy atom. The zero-order chi connectivity index (χ0) is 22.4. The summed E-state index contributed by atoms with van der Waals surface area (Å²) in [5.41, 5.74) is -2.25. The van der Waals surface area contributed by atoms with Gasteiger partial charge in [-0.2, -0.15) is 23.7 Å². The third-order valence-corrected chi connectivity index (χ3v) is 6.58. The van der Waals surface area contributed by atoms with E-state index < -0.39 is 40.2 Å². The number of alkyl halides is 3. The lowest BCUT2D eigenvalue weighted by molar-refractivity contribution is -0.137. The monoisotopic (exact) mass is 451 g/mol. The summed E-state index contributed by atoms with van der Waals surface area (Å²) in [5, 5.41) is 18.1. The van der Waals surface area contributed by atoms with E-state index in [-0.39, 0.29) is 34.9 Å². The van der Waals surface area contributed by atoms with Crippen LogP contribution < -0.4 is 4.74 Å². The smallest absolute Gasteiger partial charge is 0.416 e. The lowest BCUT2D eigenvalue weighted by Gasteiger charge is -2.18. The summed E-state index contributed by atoms with van der Waals surface area (Å²) < 4.78 is 78.4. The summed E-state index contributed by atoms with van der Waals surface area (Å²) in [6.07, 6.45) is -5.25. The van der Waals surface area contributed by atoms with Gasteiger partial charge in [-0.1, -0.05) is 0 Å². The van der Waals surface area contributed by atoms with Crippen LogP contribution in [0, 0.1) is 28.5 Å². The Morgan fingerprint density at radius 2 is 1.87 bits per heavy atom. The minimum Gasteiger partial charge on any atom is -0.486 e. The molecule has 4 rings (SSSR count). The fourth-order valence-electron chi connectivity index (χ4n) is 3.37. The number of benzene rings is 2. The average Bonchev–Trinajstić information content (AvgIpc) is 3.42. The predicted octanol–water partition coefficient (Wildman–Crippen LogP) is 3.14. The third kappa shape index (κ3) is 4.00. The highest BCUT2D eigenvalue weighted by atomic mass is 32.2. The highest BCUT2D eigenvalue weighted by Crippen LogP contribution is 2.41. The molecule has 2 aliphatic heterocycles. The van der Waals surface area contributed by atoms with Crippen molar-refractivity contribution in [1.29, 1.82) is 10.5 Å². The number of nitriles is 2. The van der Waals surface area contributed by atoms with Crippen molar-refractivity contribution in [3.05, 3.63) is 58.9 Å². The highest BCUT2D eigenvalue weighted by Gasteiger charge is 2.60. The molecule has 0 aliphatic carbocycles. The molecule has 0 aromatic heterocycles. The van der Waals surface area contributed by atoms with Crippen LogP contribution in [0.2, 0.25) is 0 Å². The first-order valence-corrected chi connectivity index (χ1v) is 10.1. The molecule has 0 radical (unpaired) electrons. The molecule has 31 heavy (non-hydrogen) atoms. The standard InChI is InChI=1S/C20H13F4N3O3S/c21-16-6-15(3-1-12(16)7-25)30-18-9-27(10-19(18)11-29-19)31(28)17-4-2-14(20(22,23)24)5-13(17)8-26/h1-6,18H,9-11H2/t18-,19-,31?/m0/s1. The summed E-state index contributed by atoms with van der Waals surface area (Å²) >= 11 is 0. The van der Waals surface area contributed by atoms with Gasteiger partial charge in [-0.15, -0.1) is 0 Å². The lowest BCUT2D eigenvalue weighted by Crippen LogP contribution is -2.33. The molecule has 0 bridgehead atoms. The van der Waals surface area contributed by atoms with Gasteiger partial charge in [0.05, 0.1) is 34.7 Å². The van der Waals surface area contributed by atoms with Crippen LogP contribution in [-0.4, -0.2) is 39.9 Å². The van der Waals surface area contributed by atoms with Crippen molar-refractivity contribution in [2.24, 2.45) is 0 Å². The summed E-state index contributed by atoms with van der Waals surface area (Å²) in [4.78, 5) is -0.0450. The van der Waals surface area contributed by atoms with E-state index in [2.05, 4.69) is 0 Å². The van der Waals surface area contributed by atoms with Gasteiger partial charge in [0.15, 0.2) is 0 Å². The fraction of sp³-hybridized carbons (Fsp3) is 0.300. The second-order valence-electron chi connectivity index (χ2n) is 7.11. The highest BCUT2D eigenvalue weighted by molar-refractivity contribution is 7.82. The number of epoxide rings is 1. The topological polar surface area (TPSA) is 89.7 Å². The maximum Gasteiger partial charge on any atom is 0.416 e. The maximum atomic E-state index is 13.9. The van der Waals surface area contributed by atoms with Crippen molar-refractivity contribution in [3.8, 4) is 17.9 Å². The third-order valence-electron chi connectivity index (χ3n) is 5.10. The minimum absolute atomic E-state index is 0.0450. The first kappa shape index (κ1) is 21.2. The molecule has 6 nitrogen and oxygen atoms in total. The molecule has 1 unspecified atom stereocenters. The molecule has 11 heteroatoms.